The average Bonchev–Trinajstić information content (AvgIpc) is 3.44. The van der Waals surface area contributed by atoms with Gasteiger partial charge in [0, 0.05) is 16.5 Å². The molecule has 0 spiro atoms. The minimum atomic E-state index is -0.270. The standard InChI is InChI=1S/C20H24FN3/c1-18(2,20(8-9-20)16-5-4-15(21)13-22-16)11-14-10-17(24-23-12-14)19(3)6-7-19/h4-5,10,12-13H,6-9,11H2,1-3H3. The third-order valence-corrected chi connectivity index (χ3v) is 6.24. The summed E-state index contributed by atoms with van der Waals surface area (Å²) in [5.74, 6) is -0.270. The van der Waals surface area contributed by atoms with Crippen LogP contribution in [0.5, 0.6) is 0 Å². The molecule has 2 aliphatic carbocycles. The van der Waals surface area contributed by atoms with E-state index in [9.17, 15) is 4.39 Å². The van der Waals surface area contributed by atoms with E-state index in [0.717, 1.165) is 30.7 Å². The van der Waals surface area contributed by atoms with Gasteiger partial charge in [0.05, 0.1) is 18.1 Å². The van der Waals surface area contributed by atoms with E-state index < -0.39 is 0 Å². The molecule has 4 rings (SSSR count). The molecule has 0 saturated heterocycles. The molecule has 0 unspecified atom stereocenters. The van der Waals surface area contributed by atoms with E-state index >= 15 is 0 Å². The monoisotopic (exact) mass is 325 g/mol. The second-order valence-corrected chi connectivity index (χ2v) is 8.51. The fourth-order valence-corrected chi connectivity index (χ4v) is 3.99. The Labute approximate surface area is 142 Å². The van der Waals surface area contributed by atoms with E-state index in [4.69, 9.17) is 0 Å². The molecule has 0 bridgehead atoms. The molecule has 126 valence electrons. The number of pyridine rings is 1. The van der Waals surface area contributed by atoms with Gasteiger partial charge in [-0.25, -0.2) is 4.39 Å². The minimum absolute atomic E-state index is 0.0442. The molecular formula is C20H24FN3. The van der Waals surface area contributed by atoms with Crippen LogP contribution >= 0.6 is 0 Å². The van der Waals surface area contributed by atoms with Crippen LogP contribution in [0.15, 0.2) is 30.6 Å². The highest BCUT2D eigenvalue weighted by Crippen LogP contribution is 2.60. The predicted molar refractivity (Wildman–Crippen MR) is 91.2 cm³/mol. The molecule has 2 aliphatic rings. The van der Waals surface area contributed by atoms with Crippen LogP contribution in [0.1, 0.15) is 63.4 Å². The Morgan fingerprint density at radius 3 is 2.42 bits per heavy atom. The summed E-state index contributed by atoms with van der Waals surface area (Å²) in [6.07, 6.45) is 8.81. The van der Waals surface area contributed by atoms with Crippen molar-refractivity contribution in [2.75, 3.05) is 0 Å². The quantitative estimate of drug-likeness (QED) is 0.819. The van der Waals surface area contributed by atoms with Crippen molar-refractivity contribution in [3.8, 4) is 0 Å². The molecule has 2 aromatic rings. The van der Waals surface area contributed by atoms with Gasteiger partial charge in [-0.3, -0.25) is 4.98 Å². The maximum Gasteiger partial charge on any atom is 0.141 e. The number of hydrogen-bond donors (Lipinski definition) is 0. The van der Waals surface area contributed by atoms with E-state index in [1.165, 1.54) is 30.7 Å². The average molecular weight is 325 g/mol. The lowest BCUT2D eigenvalue weighted by atomic mass is 9.70. The van der Waals surface area contributed by atoms with Crippen LogP contribution in [-0.4, -0.2) is 15.2 Å². The Balaban J connectivity index is 1.60. The molecule has 0 aliphatic heterocycles. The molecule has 4 heteroatoms. The van der Waals surface area contributed by atoms with Crippen LogP contribution in [0.4, 0.5) is 4.39 Å². The lowest BCUT2D eigenvalue weighted by molar-refractivity contribution is 0.255. The van der Waals surface area contributed by atoms with Crippen LogP contribution in [0, 0.1) is 11.2 Å². The van der Waals surface area contributed by atoms with Crippen molar-refractivity contribution in [3.05, 3.63) is 53.4 Å². The van der Waals surface area contributed by atoms with E-state index in [0.29, 0.717) is 0 Å². The highest BCUT2D eigenvalue weighted by atomic mass is 19.1. The second kappa shape index (κ2) is 5.08. The van der Waals surface area contributed by atoms with Crippen molar-refractivity contribution in [2.24, 2.45) is 5.41 Å². The largest absolute Gasteiger partial charge is 0.258 e. The van der Waals surface area contributed by atoms with Crippen molar-refractivity contribution in [3.63, 3.8) is 0 Å². The topological polar surface area (TPSA) is 38.7 Å². The van der Waals surface area contributed by atoms with Crippen molar-refractivity contribution in [2.45, 2.75) is 63.7 Å². The first kappa shape index (κ1) is 15.7. The zero-order valence-electron chi connectivity index (χ0n) is 14.6. The molecule has 0 atom stereocenters. The molecule has 3 nitrogen and oxygen atoms in total. The molecule has 0 aromatic carbocycles. The maximum atomic E-state index is 13.2. The van der Waals surface area contributed by atoms with Gasteiger partial charge in [-0.05, 0) is 61.3 Å². The first-order valence-electron chi connectivity index (χ1n) is 8.79. The Kier molecular flexibility index (Phi) is 3.32. The fraction of sp³-hybridized carbons (Fsp3) is 0.550. The summed E-state index contributed by atoms with van der Waals surface area (Å²) in [6.45, 7) is 6.85. The number of rotatable bonds is 5. The number of halogens is 1. The maximum absolute atomic E-state index is 13.2. The predicted octanol–water partition coefficient (Wildman–Crippen LogP) is 4.36. The first-order chi connectivity index (χ1) is 11.3. The molecule has 2 saturated carbocycles. The highest BCUT2D eigenvalue weighted by Gasteiger charge is 2.56. The summed E-state index contributed by atoms with van der Waals surface area (Å²) >= 11 is 0. The summed E-state index contributed by atoms with van der Waals surface area (Å²) in [5.41, 5.74) is 3.72. The summed E-state index contributed by atoms with van der Waals surface area (Å²) in [6, 6.07) is 5.61. The molecule has 24 heavy (non-hydrogen) atoms. The SMILES string of the molecule is CC1(c2cc(CC(C)(C)C3(c4ccc(F)cn4)CC3)cnn2)CC1. The lowest BCUT2D eigenvalue weighted by Crippen LogP contribution is -2.32. The number of nitrogens with zero attached hydrogens (tertiary/aromatic N) is 3. The molecule has 0 N–H and O–H groups in total. The summed E-state index contributed by atoms with van der Waals surface area (Å²) in [5, 5.41) is 8.59. The normalized spacial score (nSPS) is 20.7. The van der Waals surface area contributed by atoms with Crippen LogP contribution < -0.4 is 0 Å². The van der Waals surface area contributed by atoms with Crippen molar-refractivity contribution >= 4 is 0 Å². The number of hydrogen-bond acceptors (Lipinski definition) is 3. The molecule has 0 amide bonds. The molecule has 2 heterocycles. The Hall–Kier alpha value is -1.84. The lowest BCUT2D eigenvalue weighted by Gasteiger charge is -2.35. The summed E-state index contributed by atoms with van der Waals surface area (Å²) in [4.78, 5) is 4.38. The Morgan fingerprint density at radius 2 is 1.83 bits per heavy atom. The van der Waals surface area contributed by atoms with Crippen LogP contribution in [0.25, 0.3) is 0 Å². The van der Waals surface area contributed by atoms with E-state index in [-0.39, 0.29) is 22.1 Å². The zero-order valence-corrected chi connectivity index (χ0v) is 14.6. The van der Waals surface area contributed by atoms with Crippen molar-refractivity contribution in [1.82, 2.24) is 15.2 Å². The van der Waals surface area contributed by atoms with Crippen LogP contribution in [0.2, 0.25) is 0 Å². The van der Waals surface area contributed by atoms with Gasteiger partial charge < -0.3 is 0 Å². The van der Waals surface area contributed by atoms with Gasteiger partial charge in [-0.2, -0.15) is 10.2 Å². The van der Waals surface area contributed by atoms with Crippen molar-refractivity contribution in [1.29, 1.82) is 0 Å². The van der Waals surface area contributed by atoms with Gasteiger partial charge in [-0.1, -0.05) is 20.8 Å². The van der Waals surface area contributed by atoms with Gasteiger partial charge in [-0.15, -0.1) is 0 Å². The van der Waals surface area contributed by atoms with Gasteiger partial charge in [0.25, 0.3) is 0 Å². The molecule has 2 fully saturated rings. The van der Waals surface area contributed by atoms with Gasteiger partial charge in [0.15, 0.2) is 0 Å². The third-order valence-electron chi connectivity index (χ3n) is 6.24. The van der Waals surface area contributed by atoms with E-state index in [1.54, 1.807) is 0 Å². The smallest absolute Gasteiger partial charge is 0.141 e. The second-order valence-electron chi connectivity index (χ2n) is 8.51. The number of aromatic nitrogens is 3. The Morgan fingerprint density at radius 1 is 1.08 bits per heavy atom. The van der Waals surface area contributed by atoms with Crippen LogP contribution in [0.3, 0.4) is 0 Å². The minimum Gasteiger partial charge on any atom is -0.258 e. The van der Waals surface area contributed by atoms with Crippen LogP contribution in [-0.2, 0) is 17.3 Å². The molecular weight excluding hydrogens is 301 g/mol. The van der Waals surface area contributed by atoms with E-state index in [2.05, 4.69) is 42.0 Å². The molecule has 0 radical (unpaired) electrons. The van der Waals surface area contributed by atoms with E-state index in [1.807, 2.05) is 12.3 Å². The highest BCUT2D eigenvalue weighted by molar-refractivity contribution is 5.32. The third kappa shape index (κ3) is 2.52. The van der Waals surface area contributed by atoms with Gasteiger partial charge in [0.2, 0.25) is 0 Å². The zero-order chi connectivity index (χ0) is 17.0. The van der Waals surface area contributed by atoms with Crippen molar-refractivity contribution < 1.29 is 4.39 Å². The summed E-state index contributed by atoms with van der Waals surface area (Å²) in [7, 11) is 0. The summed E-state index contributed by atoms with van der Waals surface area (Å²) < 4.78 is 13.2. The van der Waals surface area contributed by atoms with Gasteiger partial charge in [0.1, 0.15) is 5.82 Å². The molecule has 2 aromatic heterocycles. The fourth-order valence-electron chi connectivity index (χ4n) is 3.99. The van der Waals surface area contributed by atoms with Gasteiger partial charge >= 0.3 is 0 Å². The first-order valence-corrected chi connectivity index (χ1v) is 8.79. The Bertz CT molecular complexity index is 759.